The Hall–Kier alpha value is -2.67. The Morgan fingerprint density at radius 3 is 2.77 bits per heavy atom. The largest absolute Gasteiger partial charge is 0.487 e. The topological polar surface area (TPSA) is 74.8 Å². The van der Waals surface area contributed by atoms with E-state index in [0.29, 0.717) is 22.0 Å². The first-order chi connectivity index (χ1) is 10.7. The molecule has 0 atom stereocenters. The molecule has 0 saturated heterocycles. The summed E-state index contributed by atoms with van der Waals surface area (Å²) < 4.78 is 8.00. The van der Waals surface area contributed by atoms with E-state index in [2.05, 4.69) is 15.4 Å². The molecule has 0 unspecified atom stereocenters. The normalized spacial score (nSPS) is 10.6. The fraction of sp³-hybridized carbons (Fsp3) is 0.143. The molecular weight excluding hydrogens is 306 g/mol. The van der Waals surface area contributed by atoms with E-state index in [-0.39, 0.29) is 12.3 Å². The zero-order chi connectivity index (χ0) is 15.5. The fourth-order valence-corrected chi connectivity index (χ4v) is 2.17. The highest BCUT2D eigenvalue weighted by molar-refractivity contribution is 6.31. The maximum atomic E-state index is 12.0. The van der Waals surface area contributed by atoms with Crippen LogP contribution in [-0.4, -0.2) is 24.8 Å². The van der Waals surface area contributed by atoms with Gasteiger partial charge in [0, 0.05) is 23.8 Å². The van der Waals surface area contributed by atoms with Gasteiger partial charge in [-0.15, -0.1) is 0 Å². The molecule has 22 heavy (non-hydrogen) atoms. The lowest BCUT2D eigenvalue weighted by atomic mass is 10.2. The molecular formula is C14H12ClN5O2. The smallest absolute Gasteiger partial charge is 0.368 e. The van der Waals surface area contributed by atoms with E-state index in [1.54, 1.807) is 42.7 Å². The molecule has 1 aromatic carbocycles. The van der Waals surface area contributed by atoms with E-state index >= 15 is 0 Å². The van der Waals surface area contributed by atoms with E-state index in [9.17, 15) is 4.79 Å². The van der Waals surface area contributed by atoms with E-state index < -0.39 is 0 Å². The van der Waals surface area contributed by atoms with Crippen LogP contribution in [0, 0.1) is 0 Å². The lowest BCUT2D eigenvalue weighted by Gasteiger charge is -2.11. The monoisotopic (exact) mass is 317 g/mol. The molecule has 0 amide bonds. The van der Waals surface area contributed by atoms with Crippen molar-refractivity contribution in [1.29, 1.82) is 0 Å². The first-order valence-electron chi connectivity index (χ1n) is 6.46. The molecule has 0 aliphatic carbocycles. The van der Waals surface area contributed by atoms with Gasteiger partial charge in [0.2, 0.25) is 0 Å². The predicted octanol–water partition coefficient (Wildman–Crippen LogP) is 1.59. The van der Waals surface area contributed by atoms with E-state index in [1.165, 1.54) is 11.7 Å². The van der Waals surface area contributed by atoms with Gasteiger partial charge in [-0.3, -0.25) is 4.98 Å². The van der Waals surface area contributed by atoms with Crippen molar-refractivity contribution in [3.8, 4) is 11.4 Å². The van der Waals surface area contributed by atoms with Gasteiger partial charge in [-0.25, -0.2) is 4.79 Å². The lowest BCUT2D eigenvalue weighted by Crippen LogP contribution is -2.23. The fourth-order valence-electron chi connectivity index (χ4n) is 1.94. The molecule has 0 N–H and O–H groups in total. The first kappa shape index (κ1) is 14.3. The minimum absolute atomic E-state index is 0.184. The minimum Gasteiger partial charge on any atom is -0.487 e. The van der Waals surface area contributed by atoms with Crippen molar-refractivity contribution in [3.05, 3.63) is 63.8 Å². The van der Waals surface area contributed by atoms with Gasteiger partial charge in [0.1, 0.15) is 12.4 Å². The zero-order valence-corrected chi connectivity index (χ0v) is 12.4. The molecule has 0 spiro atoms. The molecule has 2 heterocycles. The van der Waals surface area contributed by atoms with Crippen molar-refractivity contribution in [2.24, 2.45) is 7.05 Å². The predicted molar refractivity (Wildman–Crippen MR) is 80.2 cm³/mol. The second-order valence-corrected chi connectivity index (χ2v) is 4.92. The van der Waals surface area contributed by atoms with E-state index in [0.717, 1.165) is 4.68 Å². The number of hydrogen-bond acceptors (Lipinski definition) is 5. The van der Waals surface area contributed by atoms with Crippen LogP contribution < -0.4 is 10.4 Å². The summed E-state index contributed by atoms with van der Waals surface area (Å²) in [6, 6.07) is 8.78. The summed E-state index contributed by atoms with van der Waals surface area (Å²) in [6.45, 7) is 0.184. The number of hydrogen-bond donors (Lipinski definition) is 0. The Kier molecular flexibility index (Phi) is 3.88. The molecule has 3 aromatic rings. The SMILES string of the molecule is Cn1nnn(-c2cccc(Cl)c2COc2cccnc2)c1=O. The maximum absolute atomic E-state index is 12.0. The Labute approximate surface area is 130 Å². The molecule has 0 saturated carbocycles. The first-order valence-corrected chi connectivity index (χ1v) is 6.84. The van der Waals surface area contributed by atoms with Crippen LogP contribution >= 0.6 is 11.6 Å². The highest BCUT2D eigenvalue weighted by Gasteiger charge is 2.14. The third-order valence-corrected chi connectivity index (χ3v) is 3.42. The standard InChI is InChI=1S/C14H12ClN5O2/c1-19-14(21)20(18-17-19)13-6-2-5-12(15)11(13)9-22-10-4-3-7-16-8-10/h2-8H,9H2,1H3. The molecule has 0 aliphatic heterocycles. The Morgan fingerprint density at radius 1 is 1.23 bits per heavy atom. The Morgan fingerprint density at radius 2 is 2.09 bits per heavy atom. The van der Waals surface area contributed by atoms with Gasteiger partial charge < -0.3 is 4.74 Å². The van der Waals surface area contributed by atoms with E-state index in [4.69, 9.17) is 16.3 Å². The van der Waals surface area contributed by atoms with Crippen LogP contribution in [0.4, 0.5) is 0 Å². The summed E-state index contributed by atoms with van der Waals surface area (Å²) >= 11 is 6.24. The number of aryl methyl sites for hydroxylation is 1. The number of aromatic nitrogens is 5. The van der Waals surface area contributed by atoms with Crippen molar-refractivity contribution in [2.75, 3.05) is 0 Å². The number of rotatable bonds is 4. The summed E-state index contributed by atoms with van der Waals surface area (Å²) in [4.78, 5) is 16.0. The van der Waals surface area contributed by atoms with Crippen LogP contribution in [0.3, 0.4) is 0 Å². The van der Waals surface area contributed by atoms with Gasteiger partial charge in [-0.05, 0) is 34.7 Å². The minimum atomic E-state index is -0.357. The van der Waals surface area contributed by atoms with Gasteiger partial charge in [0.25, 0.3) is 0 Å². The average molecular weight is 318 g/mol. The summed E-state index contributed by atoms with van der Waals surface area (Å²) in [6.07, 6.45) is 3.26. The number of benzene rings is 1. The second kappa shape index (κ2) is 5.98. The van der Waals surface area contributed by atoms with Crippen LogP contribution in [0.2, 0.25) is 5.02 Å². The summed E-state index contributed by atoms with van der Waals surface area (Å²) in [5.74, 6) is 0.611. The highest BCUT2D eigenvalue weighted by Crippen LogP contribution is 2.23. The maximum Gasteiger partial charge on any atom is 0.368 e. The molecule has 112 valence electrons. The molecule has 3 rings (SSSR count). The van der Waals surface area contributed by atoms with Gasteiger partial charge >= 0.3 is 5.69 Å². The lowest BCUT2D eigenvalue weighted by molar-refractivity contribution is 0.304. The van der Waals surface area contributed by atoms with Crippen LogP contribution in [-0.2, 0) is 13.7 Å². The quantitative estimate of drug-likeness (QED) is 0.730. The summed E-state index contributed by atoms with van der Waals surface area (Å²) in [5, 5.41) is 8.02. The molecule has 0 fully saturated rings. The third-order valence-electron chi connectivity index (χ3n) is 3.06. The van der Waals surface area contributed by atoms with Crippen molar-refractivity contribution < 1.29 is 4.74 Å². The van der Waals surface area contributed by atoms with Crippen LogP contribution in [0.15, 0.2) is 47.5 Å². The molecule has 8 heteroatoms. The molecule has 7 nitrogen and oxygen atoms in total. The second-order valence-electron chi connectivity index (χ2n) is 4.51. The van der Waals surface area contributed by atoms with Crippen LogP contribution in [0.25, 0.3) is 5.69 Å². The molecule has 0 aliphatic rings. The molecule has 2 aromatic heterocycles. The third kappa shape index (κ3) is 2.71. The molecule has 0 bridgehead atoms. The van der Waals surface area contributed by atoms with Gasteiger partial charge in [-0.2, -0.15) is 9.36 Å². The average Bonchev–Trinajstić information content (AvgIpc) is 2.86. The van der Waals surface area contributed by atoms with Crippen molar-refractivity contribution >= 4 is 11.6 Å². The van der Waals surface area contributed by atoms with Crippen molar-refractivity contribution in [1.82, 2.24) is 24.8 Å². The summed E-state index contributed by atoms with van der Waals surface area (Å²) in [7, 11) is 1.53. The number of pyridine rings is 1. The zero-order valence-electron chi connectivity index (χ0n) is 11.7. The number of halogens is 1. The Balaban J connectivity index is 1.97. The highest BCUT2D eigenvalue weighted by atomic mass is 35.5. The van der Waals surface area contributed by atoms with Gasteiger partial charge in [0.05, 0.1) is 11.9 Å². The Bertz CT molecular complexity index is 844. The number of ether oxygens (including phenoxy) is 1. The number of tetrazole rings is 1. The van der Waals surface area contributed by atoms with Crippen molar-refractivity contribution in [3.63, 3.8) is 0 Å². The summed E-state index contributed by atoms with van der Waals surface area (Å²) in [5.41, 5.74) is 0.829. The molecule has 0 radical (unpaired) electrons. The number of nitrogens with zero attached hydrogens (tertiary/aromatic N) is 5. The van der Waals surface area contributed by atoms with Crippen molar-refractivity contribution in [2.45, 2.75) is 6.61 Å². The van der Waals surface area contributed by atoms with Gasteiger partial charge in [0.15, 0.2) is 0 Å². The van der Waals surface area contributed by atoms with E-state index in [1.807, 2.05) is 0 Å². The van der Waals surface area contributed by atoms with Gasteiger partial charge in [-0.1, -0.05) is 17.7 Å². The van der Waals surface area contributed by atoms with Crippen LogP contribution in [0.5, 0.6) is 5.75 Å². The van der Waals surface area contributed by atoms with Crippen LogP contribution in [0.1, 0.15) is 5.56 Å².